The van der Waals surface area contributed by atoms with Crippen LogP contribution in [0.3, 0.4) is 0 Å². The number of carbonyl (C=O) groups excluding carboxylic acids is 1. The van der Waals surface area contributed by atoms with Crippen LogP contribution in [0.15, 0.2) is 11.6 Å². The molecule has 13 unspecified atom stereocenters. The summed E-state index contributed by atoms with van der Waals surface area (Å²) in [6, 6.07) is 0. The predicted molar refractivity (Wildman–Crippen MR) is 151 cm³/mol. The van der Waals surface area contributed by atoms with Crippen molar-refractivity contribution in [3.05, 3.63) is 11.6 Å². The molecule has 1 heterocycles. The smallest absolute Gasteiger partial charge is 0.159 e. The molecule has 0 radical (unpaired) electrons. The van der Waals surface area contributed by atoms with Gasteiger partial charge < -0.3 is 40.1 Å². The lowest BCUT2D eigenvalue weighted by atomic mass is 9.45. The lowest BCUT2D eigenvalue weighted by Crippen LogP contribution is -2.64. The van der Waals surface area contributed by atoms with E-state index in [1.54, 1.807) is 6.08 Å². The van der Waals surface area contributed by atoms with E-state index >= 15 is 0 Å². The Kier molecular flexibility index (Phi) is 8.39. The SMILES string of the molecule is CC(C)C(C)C(O)C1OC2CC3(O)C4=CC(=O)C5CC(O)C(OCCCO)CC5(C)C4CCC3(C)C2C1(O)CCO. The topological polar surface area (TPSA) is 157 Å². The van der Waals surface area contributed by atoms with Gasteiger partial charge in [0, 0.05) is 49.9 Å². The molecule has 4 aliphatic carbocycles. The van der Waals surface area contributed by atoms with Crippen LogP contribution in [0.2, 0.25) is 0 Å². The van der Waals surface area contributed by atoms with Crippen LogP contribution in [0, 0.1) is 40.4 Å². The van der Waals surface area contributed by atoms with Gasteiger partial charge in [0.2, 0.25) is 0 Å². The van der Waals surface area contributed by atoms with Crippen LogP contribution in [-0.4, -0.2) is 98.0 Å². The Hall–Kier alpha value is -0.910. The van der Waals surface area contributed by atoms with Crippen molar-refractivity contribution in [1.82, 2.24) is 0 Å². The van der Waals surface area contributed by atoms with Gasteiger partial charge in [0.1, 0.15) is 11.7 Å². The number of ether oxygens (including phenoxy) is 2. The van der Waals surface area contributed by atoms with E-state index in [-0.39, 0.29) is 55.5 Å². The lowest BCUT2D eigenvalue weighted by molar-refractivity contribution is -0.185. The van der Waals surface area contributed by atoms with Crippen molar-refractivity contribution >= 4 is 5.78 Å². The molecule has 234 valence electrons. The first-order valence-corrected chi connectivity index (χ1v) is 15.7. The van der Waals surface area contributed by atoms with Crippen molar-refractivity contribution in [3.8, 4) is 0 Å². The van der Waals surface area contributed by atoms with Gasteiger partial charge in [-0.2, -0.15) is 0 Å². The molecule has 1 saturated heterocycles. The molecule has 6 N–H and O–H groups in total. The molecular weight excluding hydrogens is 528 g/mol. The van der Waals surface area contributed by atoms with Crippen molar-refractivity contribution in [2.24, 2.45) is 40.4 Å². The largest absolute Gasteiger partial charge is 0.396 e. The molecule has 0 amide bonds. The highest BCUT2D eigenvalue weighted by Gasteiger charge is 2.76. The lowest BCUT2D eigenvalue weighted by Gasteiger charge is -2.60. The van der Waals surface area contributed by atoms with Gasteiger partial charge in [-0.15, -0.1) is 0 Å². The number of allylic oxidation sites excluding steroid dienone is 1. The maximum atomic E-state index is 13.7. The number of fused-ring (bicyclic) bond motifs is 7. The summed E-state index contributed by atoms with van der Waals surface area (Å²) >= 11 is 0. The van der Waals surface area contributed by atoms with E-state index in [0.717, 1.165) is 0 Å². The zero-order valence-electron chi connectivity index (χ0n) is 25.3. The summed E-state index contributed by atoms with van der Waals surface area (Å²) < 4.78 is 12.5. The molecule has 5 aliphatic rings. The summed E-state index contributed by atoms with van der Waals surface area (Å²) in [4.78, 5) is 13.7. The van der Waals surface area contributed by atoms with Gasteiger partial charge >= 0.3 is 0 Å². The second-order valence-electron chi connectivity index (χ2n) is 14.8. The number of hydrogen-bond acceptors (Lipinski definition) is 9. The average Bonchev–Trinajstić information content (AvgIpc) is 3.32. The minimum atomic E-state index is -1.54. The first-order valence-electron chi connectivity index (χ1n) is 15.7. The highest BCUT2D eigenvalue weighted by Crippen LogP contribution is 2.71. The highest BCUT2D eigenvalue weighted by atomic mass is 16.5. The van der Waals surface area contributed by atoms with Gasteiger partial charge in [-0.05, 0) is 66.9 Å². The van der Waals surface area contributed by atoms with Gasteiger partial charge in [0.15, 0.2) is 5.78 Å². The Morgan fingerprint density at radius 1 is 1.10 bits per heavy atom. The van der Waals surface area contributed by atoms with E-state index in [9.17, 15) is 35.4 Å². The Labute approximate surface area is 243 Å². The molecule has 9 heteroatoms. The van der Waals surface area contributed by atoms with E-state index in [2.05, 4.69) is 6.92 Å². The van der Waals surface area contributed by atoms with Crippen LogP contribution in [0.5, 0.6) is 0 Å². The molecule has 0 aromatic heterocycles. The maximum absolute atomic E-state index is 13.7. The molecule has 4 fully saturated rings. The third-order valence-electron chi connectivity index (χ3n) is 12.5. The molecule has 3 saturated carbocycles. The van der Waals surface area contributed by atoms with E-state index < -0.39 is 58.5 Å². The third-order valence-corrected chi connectivity index (χ3v) is 12.5. The highest BCUT2D eigenvalue weighted by molar-refractivity contribution is 5.95. The first-order chi connectivity index (χ1) is 19.2. The number of rotatable bonds is 9. The minimum Gasteiger partial charge on any atom is -0.396 e. The average molecular weight is 581 g/mol. The fraction of sp³-hybridized carbons (Fsp3) is 0.906. The van der Waals surface area contributed by atoms with Crippen LogP contribution < -0.4 is 0 Å². The Morgan fingerprint density at radius 3 is 2.44 bits per heavy atom. The molecule has 0 aromatic rings. The van der Waals surface area contributed by atoms with Crippen molar-refractivity contribution in [2.45, 2.75) is 121 Å². The van der Waals surface area contributed by atoms with Gasteiger partial charge in [-0.1, -0.05) is 34.6 Å². The molecule has 0 spiro atoms. The van der Waals surface area contributed by atoms with Crippen LogP contribution in [-0.2, 0) is 14.3 Å². The van der Waals surface area contributed by atoms with Crippen LogP contribution >= 0.6 is 0 Å². The van der Waals surface area contributed by atoms with Gasteiger partial charge in [-0.3, -0.25) is 4.79 Å². The maximum Gasteiger partial charge on any atom is 0.159 e. The van der Waals surface area contributed by atoms with Crippen LogP contribution in [0.25, 0.3) is 0 Å². The number of aliphatic hydroxyl groups excluding tert-OH is 4. The normalized spacial score (nSPS) is 48.7. The molecule has 0 bridgehead atoms. The Bertz CT molecular complexity index is 1030. The fourth-order valence-electron chi connectivity index (χ4n) is 9.84. The molecule has 41 heavy (non-hydrogen) atoms. The van der Waals surface area contributed by atoms with Crippen LogP contribution in [0.1, 0.15) is 79.6 Å². The summed E-state index contributed by atoms with van der Waals surface area (Å²) in [5, 5.41) is 66.4. The Morgan fingerprint density at radius 2 is 1.80 bits per heavy atom. The number of carbonyl (C=O) groups is 1. The molecule has 5 rings (SSSR count). The summed E-state index contributed by atoms with van der Waals surface area (Å²) in [7, 11) is 0. The van der Waals surface area contributed by atoms with Crippen molar-refractivity contribution in [3.63, 3.8) is 0 Å². The number of aliphatic hydroxyl groups is 6. The van der Waals surface area contributed by atoms with Crippen LogP contribution in [0.4, 0.5) is 0 Å². The van der Waals surface area contributed by atoms with Crippen molar-refractivity contribution in [2.75, 3.05) is 19.8 Å². The first kappa shape index (κ1) is 31.5. The molecular formula is C32H52O9. The second-order valence-corrected chi connectivity index (χ2v) is 14.8. The van der Waals surface area contributed by atoms with E-state index in [4.69, 9.17) is 9.47 Å². The quantitative estimate of drug-likeness (QED) is 0.224. The van der Waals surface area contributed by atoms with Gasteiger partial charge in [-0.25, -0.2) is 0 Å². The molecule has 0 aromatic carbocycles. The predicted octanol–water partition coefficient (Wildman–Crippen LogP) is 1.74. The second kappa shape index (κ2) is 10.9. The molecule has 1 aliphatic heterocycles. The van der Waals surface area contributed by atoms with Crippen molar-refractivity contribution in [1.29, 1.82) is 0 Å². The third kappa shape index (κ3) is 4.52. The van der Waals surface area contributed by atoms with Gasteiger partial charge in [0.25, 0.3) is 0 Å². The summed E-state index contributed by atoms with van der Waals surface area (Å²) in [6.45, 7) is 10.1. The minimum absolute atomic E-state index is 0.00359. The van der Waals surface area contributed by atoms with Gasteiger partial charge in [0.05, 0.1) is 30.0 Å². The summed E-state index contributed by atoms with van der Waals surface area (Å²) in [6.07, 6.45) is 0.789. The fourth-order valence-corrected chi connectivity index (χ4v) is 9.84. The number of hydrogen-bond donors (Lipinski definition) is 6. The van der Waals surface area contributed by atoms with E-state index in [1.165, 1.54) is 0 Å². The number of ketones is 1. The standard InChI is InChI=1S/C32H52O9/c1-17(2)18(3)26(37)28-31(38,9-11-34)27-25(41-28)16-32(39)20-13-22(35)21-14-23(36)24(40-12-6-10-33)15-29(21,4)19(20)7-8-30(27,32)5/h13,17-19,21,23-28,33-34,36-39H,6-12,14-16H2,1-5H3. The van der Waals surface area contributed by atoms with E-state index in [1.807, 2.05) is 27.7 Å². The summed E-state index contributed by atoms with van der Waals surface area (Å²) in [5.41, 5.74) is -3.61. The zero-order chi connectivity index (χ0) is 30.1. The summed E-state index contributed by atoms with van der Waals surface area (Å²) in [5.74, 6) is -1.09. The van der Waals surface area contributed by atoms with E-state index in [0.29, 0.717) is 44.3 Å². The zero-order valence-corrected chi connectivity index (χ0v) is 25.3. The Balaban J connectivity index is 1.49. The molecule has 13 atom stereocenters. The van der Waals surface area contributed by atoms with Crippen molar-refractivity contribution < 1.29 is 44.9 Å². The molecule has 9 nitrogen and oxygen atoms in total. The monoisotopic (exact) mass is 580 g/mol.